The number of carboxylic acids is 1. The van der Waals surface area contributed by atoms with Crippen molar-refractivity contribution in [2.24, 2.45) is 0 Å². The number of carboxylic acid groups (broad SMARTS) is 1. The molecule has 0 bridgehead atoms. The van der Waals surface area contributed by atoms with Crippen LogP contribution in [0.3, 0.4) is 0 Å². The van der Waals surface area contributed by atoms with Crippen molar-refractivity contribution in [1.29, 1.82) is 0 Å². The summed E-state index contributed by atoms with van der Waals surface area (Å²) in [5.74, 6) is -0.857. The molecule has 2 N–H and O–H groups in total. The summed E-state index contributed by atoms with van der Waals surface area (Å²) in [5.41, 5.74) is 1.98. The van der Waals surface area contributed by atoms with Crippen LogP contribution >= 0.6 is 11.3 Å². The van der Waals surface area contributed by atoms with E-state index in [1.54, 1.807) is 23.3 Å². The monoisotopic (exact) mass is 361 g/mol. The van der Waals surface area contributed by atoms with Gasteiger partial charge in [0.15, 0.2) is 0 Å². The third-order valence-corrected chi connectivity index (χ3v) is 5.35. The summed E-state index contributed by atoms with van der Waals surface area (Å²) in [4.78, 5) is 30.0. The Kier molecular flexibility index (Phi) is 6.52. The summed E-state index contributed by atoms with van der Waals surface area (Å²) in [7, 11) is 1.73. The molecule has 0 aliphatic carbocycles. The van der Waals surface area contributed by atoms with Crippen molar-refractivity contribution in [2.45, 2.75) is 32.7 Å². The van der Waals surface area contributed by atoms with Gasteiger partial charge in [-0.2, -0.15) is 0 Å². The molecule has 134 valence electrons. The zero-order valence-electron chi connectivity index (χ0n) is 14.7. The van der Waals surface area contributed by atoms with E-state index in [4.69, 9.17) is 5.11 Å². The van der Waals surface area contributed by atoms with Gasteiger partial charge in [-0.25, -0.2) is 9.78 Å². The Morgan fingerprint density at radius 2 is 2.00 bits per heavy atom. The number of amides is 2. The van der Waals surface area contributed by atoms with Gasteiger partial charge in [0.05, 0.1) is 16.6 Å². The Morgan fingerprint density at radius 1 is 1.32 bits per heavy atom. The predicted molar refractivity (Wildman–Crippen MR) is 98.7 cm³/mol. The van der Waals surface area contributed by atoms with Crippen molar-refractivity contribution in [3.8, 4) is 10.6 Å². The van der Waals surface area contributed by atoms with Gasteiger partial charge < -0.3 is 15.3 Å². The normalized spacial score (nSPS) is 11.8. The lowest BCUT2D eigenvalue weighted by Crippen LogP contribution is -2.39. The first-order valence-electron chi connectivity index (χ1n) is 8.15. The number of hydrogen-bond donors (Lipinski definition) is 2. The molecule has 0 saturated heterocycles. The van der Waals surface area contributed by atoms with Crippen LogP contribution in [0.15, 0.2) is 30.3 Å². The fourth-order valence-electron chi connectivity index (χ4n) is 2.41. The van der Waals surface area contributed by atoms with Gasteiger partial charge in [0.1, 0.15) is 5.01 Å². The molecule has 1 aromatic heterocycles. The molecule has 2 amide bonds. The molecule has 1 aromatic carbocycles. The maximum Gasteiger partial charge on any atom is 0.317 e. The van der Waals surface area contributed by atoms with Gasteiger partial charge in [-0.1, -0.05) is 30.3 Å². The van der Waals surface area contributed by atoms with E-state index in [9.17, 15) is 9.59 Å². The highest BCUT2D eigenvalue weighted by atomic mass is 32.1. The fraction of sp³-hybridized carbons (Fsp3) is 0.389. The number of rotatable bonds is 7. The highest BCUT2D eigenvalue weighted by molar-refractivity contribution is 7.15. The minimum Gasteiger partial charge on any atom is -0.481 e. The Morgan fingerprint density at radius 3 is 2.64 bits per heavy atom. The van der Waals surface area contributed by atoms with Crippen molar-refractivity contribution in [3.63, 3.8) is 0 Å². The van der Waals surface area contributed by atoms with Crippen LogP contribution in [-0.4, -0.2) is 40.6 Å². The number of urea groups is 1. The molecule has 0 saturated carbocycles. The van der Waals surface area contributed by atoms with Crippen LogP contribution < -0.4 is 5.32 Å². The molecule has 0 fully saturated rings. The van der Waals surface area contributed by atoms with E-state index in [-0.39, 0.29) is 18.5 Å². The Bertz CT molecular complexity index is 730. The average Bonchev–Trinajstić information content (AvgIpc) is 2.99. The molecule has 7 heteroatoms. The van der Waals surface area contributed by atoms with Gasteiger partial charge in [0.25, 0.3) is 0 Å². The lowest BCUT2D eigenvalue weighted by Gasteiger charge is -2.24. The smallest absolute Gasteiger partial charge is 0.317 e. The number of aromatic nitrogens is 1. The van der Waals surface area contributed by atoms with E-state index >= 15 is 0 Å². The molecule has 0 aliphatic rings. The molecular formula is C18H23N3O3S. The van der Waals surface area contributed by atoms with Crippen molar-refractivity contribution >= 4 is 23.3 Å². The van der Waals surface area contributed by atoms with Crippen LogP contribution in [0.5, 0.6) is 0 Å². The zero-order valence-corrected chi connectivity index (χ0v) is 15.5. The number of thiazole rings is 1. The summed E-state index contributed by atoms with van der Waals surface area (Å²) < 4.78 is 0. The maximum absolute atomic E-state index is 12.2. The first-order chi connectivity index (χ1) is 11.9. The van der Waals surface area contributed by atoms with E-state index in [2.05, 4.69) is 10.3 Å². The van der Waals surface area contributed by atoms with Crippen LogP contribution in [0.4, 0.5) is 4.79 Å². The standard InChI is InChI=1S/C18H23N3O3S/c1-12-16(25-17(20-12)14-8-5-4-6-9-14)13(2)21(3)18(24)19-11-7-10-15(22)23/h4-6,8-9,13H,7,10-11H2,1-3H3,(H,19,24)(H,22,23). The van der Waals surface area contributed by atoms with Crippen LogP contribution in [0.1, 0.15) is 36.4 Å². The second-order valence-corrected chi connectivity index (χ2v) is 6.88. The second-order valence-electron chi connectivity index (χ2n) is 5.85. The van der Waals surface area contributed by atoms with Crippen molar-refractivity contribution in [3.05, 3.63) is 40.9 Å². The third kappa shape index (κ3) is 5.03. The molecule has 2 aromatic rings. The quantitative estimate of drug-likeness (QED) is 0.737. The highest BCUT2D eigenvalue weighted by Gasteiger charge is 2.22. The summed E-state index contributed by atoms with van der Waals surface area (Å²) in [5, 5.41) is 12.3. The summed E-state index contributed by atoms with van der Waals surface area (Å²) in [6, 6.07) is 9.63. The number of nitrogens with zero attached hydrogens (tertiary/aromatic N) is 2. The number of aliphatic carboxylic acids is 1. The maximum atomic E-state index is 12.2. The summed E-state index contributed by atoms with van der Waals surface area (Å²) in [6.07, 6.45) is 0.467. The average molecular weight is 361 g/mol. The van der Waals surface area contributed by atoms with Gasteiger partial charge in [0.2, 0.25) is 0 Å². The van der Waals surface area contributed by atoms with E-state index in [0.717, 1.165) is 21.1 Å². The molecule has 0 spiro atoms. The van der Waals surface area contributed by atoms with Crippen molar-refractivity contribution < 1.29 is 14.7 Å². The molecule has 0 aliphatic heterocycles. The number of carbonyl (C=O) groups excluding carboxylic acids is 1. The van der Waals surface area contributed by atoms with Crippen LogP contribution in [0.25, 0.3) is 10.6 Å². The van der Waals surface area contributed by atoms with E-state index in [0.29, 0.717) is 13.0 Å². The van der Waals surface area contributed by atoms with Gasteiger partial charge in [-0.15, -0.1) is 11.3 Å². The van der Waals surface area contributed by atoms with Crippen LogP contribution in [0, 0.1) is 6.92 Å². The van der Waals surface area contributed by atoms with E-state index in [1.807, 2.05) is 44.2 Å². The summed E-state index contributed by atoms with van der Waals surface area (Å²) >= 11 is 1.59. The predicted octanol–water partition coefficient (Wildman–Crippen LogP) is 3.69. The molecular weight excluding hydrogens is 338 g/mol. The molecule has 25 heavy (non-hydrogen) atoms. The van der Waals surface area contributed by atoms with Crippen molar-refractivity contribution in [2.75, 3.05) is 13.6 Å². The minimum absolute atomic E-state index is 0.0495. The molecule has 0 radical (unpaired) electrons. The number of hydrogen-bond acceptors (Lipinski definition) is 4. The lowest BCUT2D eigenvalue weighted by atomic mass is 10.2. The second kappa shape index (κ2) is 8.62. The molecule has 6 nitrogen and oxygen atoms in total. The van der Waals surface area contributed by atoms with Gasteiger partial charge in [-0.05, 0) is 20.3 Å². The molecule has 1 atom stereocenters. The molecule has 1 unspecified atom stereocenters. The van der Waals surface area contributed by atoms with Gasteiger partial charge in [-0.3, -0.25) is 4.79 Å². The van der Waals surface area contributed by atoms with Crippen molar-refractivity contribution in [1.82, 2.24) is 15.2 Å². The number of aryl methyl sites for hydroxylation is 1. The first kappa shape index (κ1) is 18.9. The Balaban J connectivity index is 2.02. The number of carbonyl (C=O) groups is 2. The minimum atomic E-state index is -0.857. The van der Waals surface area contributed by atoms with Gasteiger partial charge >= 0.3 is 12.0 Å². The summed E-state index contributed by atoms with van der Waals surface area (Å²) in [6.45, 7) is 4.26. The van der Waals surface area contributed by atoms with E-state index in [1.165, 1.54) is 0 Å². The largest absolute Gasteiger partial charge is 0.481 e. The third-order valence-electron chi connectivity index (χ3n) is 3.98. The van der Waals surface area contributed by atoms with Crippen LogP contribution in [0.2, 0.25) is 0 Å². The van der Waals surface area contributed by atoms with E-state index < -0.39 is 5.97 Å². The Hall–Kier alpha value is -2.41. The fourth-order valence-corrected chi connectivity index (χ4v) is 3.58. The highest BCUT2D eigenvalue weighted by Crippen LogP contribution is 2.33. The Labute approximate surface area is 151 Å². The van der Waals surface area contributed by atoms with Gasteiger partial charge in [0, 0.05) is 25.6 Å². The number of benzene rings is 1. The zero-order chi connectivity index (χ0) is 18.4. The molecule has 1 heterocycles. The van der Waals surface area contributed by atoms with Crippen LogP contribution in [-0.2, 0) is 4.79 Å². The lowest BCUT2D eigenvalue weighted by molar-refractivity contribution is -0.137. The molecule has 2 rings (SSSR count). The first-order valence-corrected chi connectivity index (χ1v) is 8.97. The topological polar surface area (TPSA) is 82.5 Å². The number of nitrogens with one attached hydrogen (secondary N) is 1. The SMILES string of the molecule is Cc1nc(-c2ccccc2)sc1C(C)N(C)C(=O)NCCCC(=O)O.